The van der Waals surface area contributed by atoms with Gasteiger partial charge < -0.3 is 4.74 Å². The van der Waals surface area contributed by atoms with Gasteiger partial charge in [-0.05, 0) is 60.2 Å². The van der Waals surface area contributed by atoms with Gasteiger partial charge in [-0.2, -0.15) is 0 Å². The van der Waals surface area contributed by atoms with Crippen molar-refractivity contribution in [2.24, 2.45) is 0 Å². The Labute approximate surface area is 198 Å². The second-order valence-electron chi connectivity index (χ2n) is 9.08. The fraction of sp³-hybridized carbons (Fsp3) is 0.333. The minimum atomic E-state index is 0.694. The smallest absolute Gasteiger partial charge is 0.123 e. The maximum Gasteiger partial charge on any atom is 0.123 e. The highest BCUT2D eigenvalue weighted by molar-refractivity contribution is 7.10. The van der Waals surface area contributed by atoms with E-state index in [1.807, 2.05) is 35.6 Å². The van der Waals surface area contributed by atoms with E-state index < -0.39 is 0 Å². The van der Waals surface area contributed by atoms with Crippen LogP contribution in [0, 0.1) is 6.92 Å². The van der Waals surface area contributed by atoms with E-state index in [4.69, 9.17) is 14.7 Å². The highest BCUT2D eigenvalue weighted by Gasteiger charge is 2.20. The van der Waals surface area contributed by atoms with Crippen molar-refractivity contribution in [3.05, 3.63) is 86.9 Å². The number of fused-ring (bicyclic) bond motifs is 3. The molecule has 0 spiro atoms. The number of aryl methyl sites for hydroxylation is 1. The Morgan fingerprint density at radius 3 is 2.64 bits per heavy atom. The lowest BCUT2D eigenvalue weighted by Gasteiger charge is -2.27. The maximum atomic E-state index is 6.11. The summed E-state index contributed by atoms with van der Waals surface area (Å²) in [6.45, 7) is 8.45. The fourth-order valence-electron chi connectivity index (χ4n) is 4.92. The van der Waals surface area contributed by atoms with Crippen molar-refractivity contribution < 1.29 is 4.74 Å². The first-order valence-corrected chi connectivity index (χ1v) is 12.6. The van der Waals surface area contributed by atoms with Gasteiger partial charge in [0.05, 0.1) is 22.4 Å². The third-order valence-corrected chi connectivity index (χ3v) is 7.72. The predicted octanol–water partition coefficient (Wildman–Crippen LogP) is 4.95. The zero-order valence-corrected chi connectivity index (χ0v) is 19.8. The van der Waals surface area contributed by atoms with Gasteiger partial charge in [-0.3, -0.25) is 9.80 Å². The molecule has 0 unspecified atom stereocenters. The monoisotopic (exact) mass is 456 g/mol. The Hall–Kier alpha value is -2.80. The second kappa shape index (κ2) is 8.86. The van der Waals surface area contributed by atoms with Crippen molar-refractivity contribution in [3.63, 3.8) is 0 Å². The first kappa shape index (κ1) is 20.8. The van der Waals surface area contributed by atoms with Gasteiger partial charge in [0.1, 0.15) is 12.4 Å². The van der Waals surface area contributed by atoms with E-state index in [0.717, 1.165) is 67.4 Å². The Bertz CT molecular complexity index is 1300. The number of nitrogens with zero attached hydrogens (tertiary/aromatic N) is 4. The standard InChI is InChI=1S/C27H28N4OS/c1-19-25(29-24-5-3-2-4-23(24)28-19)18-31-11-12-32-26-7-6-20(14-22(26)17-31)15-30-10-8-27-21(16-30)9-13-33-27/h2-7,9,13-14H,8,10-12,15-18H2,1H3. The minimum Gasteiger partial charge on any atom is -0.492 e. The van der Waals surface area contributed by atoms with Crippen LogP contribution in [0.25, 0.3) is 11.0 Å². The molecule has 0 N–H and O–H groups in total. The van der Waals surface area contributed by atoms with Gasteiger partial charge in [-0.1, -0.05) is 18.2 Å². The zero-order valence-electron chi connectivity index (χ0n) is 19.0. The third-order valence-electron chi connectivity index (χ3n) is 6.69. The first-order chi connectivity index (χ1) is 16.2. The molecule has 2 aromatic heterocycles. The van der Waals surface area contributed by atoms with Gasteiger partial charge in [-0.15, -0.1) is 11.3 Å². The summed E-state index contributed by atoms with van der Waals surface area (Å²) in [5, 5.41) is 2.23. The average Bonchev–Trinajstić information content (AvgIpc) is 3.19. The van der Waals surface area contributed by atoms with Crippen LogP contribution in [0.1, 0.15) is 33.0 Å². The summed E-state index contributed by atoms with van der Waals surface area (Å²) in [5.74, 6) is 1.02. The summed E-state index contributed by atoms with van der Waals surface area (Å²) in [6, 6.07) is 17.1. The Morgan fingerprint density at radius 2 is 1.73 bits per heavy atom. The summed E-state index contributed by atoms with van der Waals surface area (Å²) in [4.78, 5) is 16.2. The number of aromatic nitrogens is 2. The molecule has 4 aromatic rings. The SMILES string of the molecule is Cc1nc2ccccc2nc1CN1CCOc2ccc(CN3CCc4sccc4C3)cc2C1. The van der Waals surface area contributed by atoms with Crippen molar-refractivity contribution in [1.82, 2.24) is 19.8 Å². The first-order valence-electron chi connectivity index (χ1n) is 11.7. The summed E-state index contributed by atoms with van der Waals surface area (Å²) >= 11 is 1.90. The van der Waals surface area contributed by atoms with E-state index in [1.54, 1.807) is 4.88 Å². The summed E-state index contributed by atoms with van der Waals surface area (Å²) in [6.07, 6.45) is 1.17. The summed E-state index contributed by atoms with van der Waals surface area (Å²) in [7, 11) is 0. The van der Waals surface area contributed by atoms with Crippen molar-refractivity contribution in [2.45, 2.75) is 39.5 Å². The van der Waals surface area contributed by atoms with Crippen molar-refractivity contribution in [3.8, 4) is 5.75 Å². The summed E-state index contributed by atoms with van der Waals surface area (Å²) < 4.78 is 6.11. The van der Waals surface area contributed by atoms with E-state index in [9.17, 15) is 0 Å². The van der Waals surface area contributed by atoms with Crippen LogP contribution in [0.5, 0.6) is 5.75 Å². The molecule has 0 fully saturated rings. The van der Waals surface area contributed by atoms with E-state index in [-0.39, 0.29) is 0 Å². The minimum absolute atomic E-state index is 0.694. The van der Waals surface area contributed by atoms with Gasteiger partial charge in [0.2, 0.25) is 0 Å². The lowest BCUT2D eigenvalue weighted by molar-refractivity contribution is 0.217. The van der Waals surface area contributed by atoms with E-state index in [1.165, 1.54) is 23.1 Å². The van der Waals surface area contributed by atoms with E-state index in [2.05, 4.69) is 46.4 Å². The molecule has 168 valence electrons. The Balaban J connectivity index is 1.19. The Kier molecular flexibility index (Phi) is 5.58. The number of hydrogen-bond donors (Lipinski definition) is 0. The van der Waals surface area contributed by atoms with Crippen LogP contribution in [0.15, 0.2) is 53.9 Å². The molecule has 33 heavy (non-hydrogen) atoms. The molecule has 2 aliphatic rings. The molecule has 4 heterocycles. The maximum absolute atomic E-state index is 6.11. The third kappa shape index (κ3) is 4.38. The van der Waals surface area contributed by atoms with Gasteiger partial charge in [0.15, 0.2) is 0 Å². The molecule has 0 aliphatic carbocycles. The van der Waals surface area contributed by atoms with Crippen LogP contribution in [0.4, 0.5) is 0 Å². The quantitative estimate of drug-likeness (QED) is 0.435. The molecular formula is C27H28N4OS. The van der Waals surface area contributed by atoms with Crippen LogP contribution in [0.2, 0.25) is 0 Å². The van der Waals surface area contributed by atoms with E-state index >= 15 is 0 Å². The predicted molar refractivity (Wildman–Crippen MR) is 132 cm³/mol. The van der Waals surface area contributed by atoms with Gasteiger partial charge in [0, 0.05) is 49.7 Å². The van der Waals surface area contributed by atoms with Crippen molar-refractivity contribution >= 4 is 22.4 Å². The molecule has 0 radical (unpaired) electrons. The molecule has 0 amide bonds. The number of para-hydroxylation sites is 2. The molecule has 6 rings (SSSR count). The van der Waals surface area contributed by atoms with Crippen LogP contribution >= 0.6 is 11.3 Å². The molecule has 0 saturated heterocycles. The van der Waals surface area contributed by atoms with Crippen molar-refractivity contribution in [1.29, 1.82) is 0 Å². The number of hydrogen-bond acceptors (Lipinski definition) is 6. The number of rotatable bonds is 4. The molecule has 6 heteroatoms. The van der Waals surface area contributed by atoms with Gasteiger partial charge >= 0.3 is 0 Å². The second-order valence-corrected chi connectivity index (χ2v) is 10.1. The topological polar surface area (TPSA) is 41.5 Å². The van der Waals surface area contributed by atoms with Crippen LogP contribution in [-0.4, -0.2) is 39.5 Å². The normalized spacial score (nSPS) is 16.8. The fourth-order valence-corrected chi connectivity index (χ4v) is 5.81. The van der Waals surface area contributed by atoms with Crippen LogP contribution < -0.4 is 4.74 Å². The largest absolute Gasteiger partial charge is 0.492 e. The molecule has 0 saturated carbocycles. The zero-order chi connectivity index (χ0) is 22.2. The number of thiophene rings is 1. The average molecular weight is 457 g/mol. The molecule has 5 nitrogen and oxygen atoms in total. The van der Waals surface area contributed by atoms with Crippen molar-refractivity contribution in [2.75, 3.05) is 19.7 Å². The lowest BCUT2D eigenvalue weighted by Crippen LogP contribution is -2.29. The highest BCUT2D eigenvalue weighted by atomic mass is 32.1. The number of ether oxygens (including phenoxy) is 1. The molecule has 2 aromatic carbocycles. The number of benzene rings is 2. The molecule has 2 aliphatic heterocycles. The van der Waals surface area contributed by atoms with Crippen LogP contribution in [-0.2, 0) is 32.6 Å². The molecule has 0 atom stereocenters. The molecule has 0 bridgehead atoms. The highest BCUT2D eigenvalue weighted by Crippen LogP contribution is 2.28. The van der Waals surface area contributed by atoms with Gasteiger partial charge in [0.25, 0.3) is 0 Å². The van der Waals surface area contributed by atoms with Gasteiger partial charge in [-0.25, -0.2) is 9.97 Å². The lowest BCUT2D eigenvalue weighted by atomic mass is 10.1. The van der Waals surface area contributed by atoms with E-state index in [0.29, 0.717) is 6.61 Å². The summed E-state index contributed by atoms with van der Waals surface area (Å²) in [5.41, 5.74) is 8.10. The Morgan fingerprint density at radius 1 is 0.909 bits per heavy atom. The van der Waals surface area contributed by atoms with Crippen LogP contribution in [0.3, 0.4) is 0 Å². The molecular weight excluding hydrogens is 428 g/mol.